The van der Waals surface area contributed by atoms with E-state index in [2.05, 4.69) is 0 Å². The van der Waals surface area contributed by atoms with Crippen molar-refractivity contribution in [2.45, 2.75) is 23.6 Å². The number of hydrogen-bond donors (Lipinski definition) is 0. The van der Waals surface area contributed by atoms with E-state index < -0.39 is 17.8 Å². The van der Waals surface area contributed by atoms with Gasteiger partial charge in [-0.2, -0.15) is 0 Å². The average molecular weight is 252 g/mol. The van der Waals surface area contributed by atoms with Gasteiger partial charge in [-0.15, -0.1) is 0 Å². The van der Waals surface area contributed by atoms with Crippen LogP contribution in [0.4, 0.5) is 8.78 Å². The van der Waals surface area contributed by atoms with Crippen LogP contribution in [0.1, 0.15) is 39.9 Å². The Morgan fingerprint density at radius 2 is 1.11 bits per heavy atom. The van der Waals surface area contributed by atoms with E-state index >= 15 is 0 Å². The van der Waals surface area contributed by atoms with E-state index in [-0.39, 0.29) is 5.82 Å². The molecule has 1 saturated carbocycles. The maximum Gasteiger partial charge on any atom is 0.263 e. The van der Waals surface area contributed by atoms with Crippen molar-refractivity contribution in [1.29, 1.82) is 0 Å². The lowest BCUT2D eigenvalue weighted by atomic mass is 9.73. The molecule has 0 saturated heterocycles. The van der Waals surface area contributed by atoms with E-state index in [1.807, 2.05) is 36.4 Å². The van der Waals surface area contributed by atoms with Crippen LogP contribution in [0.3, 0.4) is 0 Å². The smallest absolute Gasteiger partial charge is 0.205 e. The highest BCUT2D eigenvalue weighted by molar-refractivity contribution is 6.15. The van der Waals surface area contributed by atoms with Gasteiger partial charge in [-0.25, -0.2) is 8.78 Å². The minimum Gasteiger partial charge on any atom is -0.205 e. The molecular formula is C16H11BF2. The lowest BCUT2D eigenvalue weighted by molar-refractivity contribution is 0.104. The fraction of sp³-hybridized carbons (Fsp3) is 0.250. The molecule has 0 heterocycles. The van der Waals surface area contributed by atoms with Gasteiger partial charge in [-0.3, -0.25) is 0 Å². The van der Waals surface area contributed by atoms with E-state index in [0.717, 1.165) is 11.1 Å². The number of fused-ring (bicyclic) bond motifs is 5. The van der Waals surface area contributed by atoms with Gasteiger partial charge in [0.25, 0.3) is 5.92 Å². The third-order valence-corrected chi connectivity index (χ3v) is 4.39. The van der Waals surface area contributed by atoms with Crippen LogP contribution >= 0.6 is 0 Å². The first-order valence-electron chi connectivity index (χ1n) is 6.43. The van der Waals surface area contributed by atoms with Crippen molar-refractivity contribution in [3.8, 4) is 0 Å². The minimum atomic E-state index is -2.65. The van der Waals surface area contributed by atoms with Crippen LogP contribution < -0.4 is 0 Å². The summed E-state index contributed by atoms with van der Waals surface area (Å²) in [6.45, 7) is 0. The van der Waals surface area contributed by atoms with Gasteiger partial charge in [0.2, 0.25) is 0 Å². The number of rotatable bonds is 0. The third kappa shape index (κ3) is 1.33. The van der Waals surface area contributed by atoms with E-state index in [1.165, 1.54) is 0 Å². The van der Waals surface area contributed by atoms with E-state index in [4.69, 9.17) is 7.85 Å². The molecule has 0 nitrogen and oxygen atoms in total. The molecule has 1 fully saturated rings. The predicted molar refractivity (Wildman–Crippen MR) is 70.9 cm³/mol. The summed E-state index contributed by atoms with van der Waals surface area (Å²) in [6.07, 6.45) is 0. The van der Waals surface area contributed by atoms with Gasteiger partial charge in [0.05, 0.1) is 19.7 Å². The normalized spacial score (nSPS) is 29.7. The van der Waals surface area contributed by atoms with Crippen LogP contribution in [0.2, 0.25) is 0 Å². The Hall–Kier alpha value is -1.64. The van der Waals surface area contributed by atoms with E-state index in [0.29, 0.717) is 11.1 Å². The molecule has 19 heavy (non-hydrogen) atoms. The van der Waals surface area contributed by atoms with Gasteiger partial charge >= 0.3 is 0 Å². The summed E-state index contributed by atoms with van der Waals surface area (Å²) < 4.78 is 28.3. The molecule has 0 aromatic heterocycles. The molecule has 1 unspecified atom stereocenters. The Bertz CT molecular complexity index is 610. The number of alkyl halides is 2. The van der Waals surface area contributed by atoms with Crippen molar-refractivity contribution in [2.24, 2.45) is 0 Å². The summed E-state index contributed by atoms with van der Waals surface area (Å²) in [5.41, 5.74) is 3.08. The van der Waals surface area contributed by atoms with Crippen LogP contribution in [-0.2, 0) is 0 Å². The van der Waals surface area contributed by atoms with E-state index in [1.54, 1.807) is 12.1 Å². The summed E-state index contributed by atoms with van der Waals surface area (Å²) in [7, 11) is 6.28. The molecule has 4 rings (SSSR count). The van der Waals surface area contributed by atoms with Crippen molar-refractivity contribution in [2.75, 3.05) is 0 Å². The summed E-state index contributed by atoms with van der Waals surface area (Å²) in [6, 6.07) is 14.7. The lowest BCUT2D eigenvalue weighted by Crippen LogP contribution is -2.08. The van der Waals surface area contributed by atoms with E-state index in [9.17, 15) is 8.78 Å². The van der Waals surface area contributed by atoms with Gasteiger partial charge in [0.15, 0.2) is 0 Å². The first-order valence-corrected chi connectivity index (χ1v) is 6.43. The fourth-order valence-electron chi connectivity index (χ4n) is 3.42. The molecule has 0 spiro atoms. The topological polar surface area (TPSA) is 0 Å². The third-order valence-electron chi connectivity index (χ3n) is 4.39. The molecule has 2 aliphatic carbocycles. The van der Waals surface area contributed by atoms with Crippen LogP contribution in [-0.4, -0.2) is 13.8 Å². The Balaban J connectivity index is 2.02. The lowest BCUT2D eigenvalue weighted by Gasteiger charge is -2.18. The molecule has 0 bridgehead atoms. The molecule has 3 heteroatoms. The highest BCUT2D eigenvalue weighted by Crippen LogP contribution is 2.69. The second kappa shape index (κ2) is 3.47. The molecule has 3 atom stereocenters. The number of benzene rings is 2. The van der Waals surface area contributed by atoms with Crippen molar-refractivity contribution >= 4 is 7.85 Å². The molecule has 92 valence electrons. The molecule has 2 aromatic carbocycles. The molecule has 2 radical (unpaired) electrons. The first kappa shape index (κ1) is 11.2. The maximum atomic E-state index is 14.1. The van der Waals surface area contributed by atoms with Crippen LogP contribution in [0.15, 0.2) is 48.5 Å². The zero-order chi connectivity index (χ0) is 13.2. The van der Waals surface area contributed by atoms with Gasteiger partial charge in [-0.05, 0) is 28.1 Å². The van der Waals surface area contributed by atoms with Crippen molar-refractivity contribution in [1.82, 2.24) is 0 Å². The largest absolute Gasteiger partial charge is 0.263 e. The molecule has 0 N–H and O–H groups in total. The Labute approximate surface area is 111 Å². The van der Waals surface area contributed by atoms with Crippen LogP contribution in [0.25, 0.3) is 0 Å². The zero-order valence-electron chi connectivity index (χ0n) is 10.2. The Morgan fingerprint density at radius 1 is 0.737 bits per heavy atom. The molecule has 2 aliphatic rings. The summed E-state index contributed by atoms with van der Waals surface area (Å²) in [4.78, 5) is 0. The second-order valence-corrected chi connectivity index (χ2v) is 5.37. The van der Waals surface area contributed by atoms with Crippen molar-refractivity contribution in [3.05, 3.63) is 70.8 Å². The highest BCUT2D eigenvalue weighted by atomic mass is 19.3. The highest BCUT2D eigenvalue weighted by Gasteiger charge is 2.70. The molecule has 2 aromatic rings. The summed E-state index contributed by atoms with van der Waals surface area (Å²) >= 11 is 0. The fourth-order valence-corrected chi connectivity index (χ4v) is 3.42. The molecule has 0 aliphatic heterocycles. The van der Waals surface area contributed by atoms with Gasteiger partial charge in [-0.1, -0.05) is 48.5 Å². The first-order chi connectivity index (χ1) is 9.12. The van der Waals surface area contributed by atoms with Crippen LogP contribution in [0.5, 0.6) is 0 Å². The Kier molecular flexibility index (Phi) is 2.05. The number of halogens is 2. The van der Waals surface area contributed by atoms with Gasteiger partial charge < -0.3 is 0 Å². The minimum absolute atomic E-state index is 0.309. The summed E-state index contributed by atoms with van der Waals surface area (Å²) in [5, 5.41) is 0. The second-order valence-electron chi connectivity index (χ2n) is 5.37. The maximum absolute atomic E-state index is 14.1. The standard InChI is InChI=1S/C16H11BF2/c17-15-11-7-3-1-5-9(11)13-14(16(13,18)19)10-6-2-4-8-12(10)15/h1-8,13-15H/t13-,14+,15?. The summed E-state index contributed by atoms with van der Waals surface area (Å²) in [5.74, 6) is -4.38. The monoisotopic (exact) mass is 252 g/mol. The van der Waals surface area contributed by atoms with Crippen molar-refractivity contribution in [3.63, 3.8) is 0 Å². The van der Waals surface area contributed by atoms with Crippen molar-refractivity contribution < 1.29 is 8.78 Å². The quantitative estimate of drug-likeness (QED) is 0.626. The number of hydrogen-bond acceptors (Lipinski definition) is 0. The predicted octanol–water partition coefficient (Wildman–Crippen LogP) is 3.77. The Morgan fingerprint density at radius 3 is 1.53 bits per heavy atom. The average Bonchev–Trinajstić information content (AvgIpc) is 3.02. The van der Waals surface area contributed by atoms with Gasteiger partial charge in [0.1, 0.15) is 0 Å². The molecular weight excluding hydrogens is 241 g/mol. The SMILES string of the molecule is [B]C1c2ccccc2[C@@H]2[C@H](c3ccccc31)C2(F)F. The molecule has 0 amide bonds. The van der Waals surface area contributed by atoms with Crippen LogP contribution in [0, 0.1) is 0 Å². The zero-order valence-corrected chi connectivity index (χ0v) is 10.2. The van der Waals surface area contributed by atoms with Gasteiger partial charge in [0, 0.05) is 0 Å².